The third kappa shape index (κ3) is 3.61. The molecule has 0 saturated heterocycles. The Bertz CT molecular complexity index is 447. The summed E-state index contributed by atoms with van der Waals surface area (Å²) in [5, 5.41) is 0.537. The van der Waals surface area contributed by atoms with Crippen molar-refractivity contribution in [1.82, 2.24) is 4.90 Å². The van der Waals surface area contributed by atoms with Crippen LogP contribution in [0.4, 0.5) is 0 Å². The molecule has 0 heterocycles. The number of benzene rings is 1. The SMILES string of the molecule is CN(C)C(=O)COc1c(Cl)cc(Cl)cc1C=O. The molecule has 6 heteroatoms. The monoisotopic (exact) mass is 275 g/mol. The minimum atomic E-state index is -0.229. The zero-order chi connectivity index (χ0) is 13.0. The molecular formula is C11H11Cl2NO3. The number of hydrogen-bond donors (Lipinski definition) is 0. The highest BCUT2D eigenvalue weighted by Gasteiger charge is 2.12. The molecule has 1 aromatic carbocycles. The highest BCUT2D eigenvalue weighted by atomic mass is 35.5. The maximum absolute atomic E-state index is 11.3. The standard InChI is InChI=1S/C11H11Cl2NO3/c1-14(2)10(16)6-17-11-7(5-15)3-8(12)4-9(11)13/h3-5H,6H2,1-2H3. The van der Waals surface area contributed by atoms with Gasteiger partial charge in [0.2, 0.25) is 0 Å². The fourth-order valence-corrected chi connectivity index (χ4v) is 1.65. The second-order valence-corrected chi connectivity index (χ2v) is 4.34. The van der Waals surface area contributed by atoms with Crippen molar-refractivity contribution >= 4 is 35.4 Å². The maximum atomic E-state index is 11.3. The van der Waals surface area contributed by atoms with Gasteiger partial charge < -0.3 is 9.64 Å². The third-order valence-corrected chi connectivity index (χ3v) is 2.50. The topological polar surface area (TPSA) is 46.6 Å². The van der Waals surface area contributed by atoms with E-state index in [1.165, 1.54) is 17.0 Å². The second kappa shape index (κ2) is 5.89. The summed E-state index contributed by atoms with van der Waals surface area (Å²) in [5.74, 6) is -0.0610. The molecular weight excluding hydrogens is 265 g/mol. The van der Waals surface area contributed by atoms with Gasteiger partial charge in [-0.2, -0.15) is 0 Å². The fourth-order valence-electron chi connectivity index (χ4n) is 1.08. The van der Waals surface area contributed by atoms with Gasteiger partial charge in [-0.1, -0.05) is 23.2 Å². The summed E-state index contributed by atoms with van der Waals surface area (Å²) in [6.07, 6.45) is 0.577. The smallest absolute Gasteiger partial charge is 0.259 e. The van der Waals surface area contributed by atoms with Crippen LogP contribution in [0.15, 0.2) is 12.1 Å². The molecule has 1 amide bonds. The van der Waals surface area contributed by atoms with Gasteiger partial charge in [-0.3, -0.25) is 9.59 Å². The summed E-state index contributed by atoms with van der Waals surface area (Å²) in [7, 11) is 3.21. The number of halogens is 2. The van der Waals surface area contributed by atoms with Crippen molar-refractivity contribution < 1.29 is 14.3 Å². The van der Waals surface area contributed by atoms with Crippen LogP contribution in [0.5, 0.6) is 5.75 Å². The summed E-state index contributed by atoms with van der Waals surface area (Å²) >= 11 is 11.6. The first-order valence-corrected chi connectivity index (χ1v) is 5.48. The second-order valence-electron chi connectivity index (χ2n) is 3.50. The van der Waals surface area contributed by atoms with Gasteiger partial charge in [0, 0.05) is 19.1 Å². The number of aldehydes is 1. The van der Waals surface area contributed by atoms with Crippen LogP contribution >= 0.6 is 23.2 Å². The summed E-state index contributed by atoms with van der Waals surface area (Å²) < 4.78 is 5.22. The van der Waals surface area contributed by atoms with E-state index >= 15 is 0 Å². The van der Waals surface area contributed by atoms with E-state index < -0.39 is 0 Å². The van der Waals surface area contributed by atoms with Crippen LogP contribution in [0.25, 0.3) is 0 Å². The lowest BCUT2D eigenvalue weighted by atomic mass is 10.2. The van der Waals surface area contributed by atoms with E-state index in [4.69, 9.17) is 27.9 Å². The summed E-state index contributed by atoms with van der Waals surface area (Å²) in [6, 6.07) is 2.88. The minimum Gasteiger partial charge on any atom is -0.481 e. The molecule has 0 radical (unpaired) electrons. The van der Waals surface area contributed by atoms with Crippen LogP contribution in [-0.4, -0.2) is 37.8 Å². The molecule has 0 bridgehead atoms. The van der Waals surface area contributed by atoms with Crippen LogP contribution in [0.3, 0.4) is 0 Å². The van der Waals surface area contributed by atoms with Crippen molar-refractivity contribution in [1.29, 1.82) is 0 Å². The third-order valence-electron chi connectivity index (χ3n) is 2.00. The number of carbonyl (C=O) groups is 2. The van der Waals surface area contributed by atoms with Gasteiger partial charge in [0.1, 0.15) is 5.75 Å². The van der Waals surface area contributed by atoms with E-state index in [1.54, 1.807) is 14.1 Å². The first-order chi connectivity index (χ1) is 7.95. The van der Waals surface area contributed by atoms with E-state index in [-0.39, 0.29) is 28.8 Å². The molecule has 4 nitrogen and oxygen atoms in total. The quantitative estimate of drug-likeness (QED) is 0.792. The van der Waals surface area contributed by atoms with E-state index in [0.29, 0.717) is 11.3 Å². The molecule has 0 atom stereocenters. The molecule has 0 aliphatic carbocycles. The van der Waals surface area contributed by atoms with Gasteiger partial charge in [0.15, 0.2) is 12.9 Å². The van der Waals surface area contributed by atoms with E-state index in [1.807, 2.05) is 0 Å². The molecule has 0 saturated carbocycles. The van der Waals surface area contributed by atoms with Crippen molar-refractivity contribution in [2.24, 2.45) is 0 Å². The number of carbonyl (C=O) groups excluding carboxylic acids is 2. The molecule has 1 rings (SSSR count). The van der Waals surface area contributed by atoms with Crippen LogP contribution in [-0.2, 0) is 4.79 Å². The summed E-state index contributed by atoms with van der Waals surface area (Å²) in [6.45, 7) is -0.185. The Kier molecular flexibility index (Phi) is 4.78. The number of amides is 1. The Morgan fingerprint density at radius 1 is 1.41 bits per heavy atom. The lowest BCUT2D eigenvalue weighted by Gasteiger charge is -2.13. The summed E-state index contributed by atoms with van der Waals surface area (Å²) in [4.78, 5) is 23.5. The zero-order valence-electron chi connectivity index (χ0n) is 9.37. The van der Waals surface area contributed by atoms with Crippen LogP contribution in [0, 0.1) is 0 Å². The molecule has 0 aromatic heterocycles. The first kappa shape index (κ1) is 13.8. The molecule has 17 heavy (non-hydrogen) atoms. The van der Waals surface area contributed by atoms with Gasteiger partial charge in [-0.15, -0.1) is 0 Å². The Morgan fingerprint density at radius 3 is 2.59 bits per heavy atom. The lowest BCUT2D eigenvalue weighted by Crippen LogP contribution is -2.27. The number of hydrogen-bond acceptors (Lipinski definition) is 3. The lowest BCUT2D eigenvalue weighted by molar-refractivity contribution is -0.130. The van der Waals surface area contributed by atoms with E-state index in [2.05, 4.69) is 0 Å². The molecule has 0 unspecified atom stereocenters. The molecule has 0 spiro atoms. The Labute approximate surface area is 109 Å². The highest BCUT2D eigenvalue weighted by molar-refractivity contribution is 6.36. The largest absolute Gasteiger partial charge is 0.481 e. The van der Waals surface area contributed by atoms with Crippen molar-refractivity contribution in [3.05, 3.63) is 27.7 Å². The van der Waals surface area contributed by atoms with Crippen molar-refractivity contribution in [2.75, 3.05) is 20.7 Å². The van der Waals surface area contributed by atoms with Crippen LogP contribution in [0.1, 0.15) is 10.4 Å². The first-order valence-electron chi connectivity index (χ1n) is 4.73. The van der Waals surface area contributed by atoms with Gasteiger partial charge in [0.25, 0.3) is 5.91 Å². The molecule has 0 aliphatic rings. The average molecular weight is 276 g/mol. The molecule has 0 aliphatic heterocycles. The maximum Gasteiger partial charge on any atom is 0.259 e. The predicted molar refractivity (Wildman–Crippen MR) is 66.0 cm³/mol. The van der Waals surface area contributed by atoms with Crippen molar-refractivity contribution in [2.45, 2.75) is 0 Å². The summed E-state index contributed by atoms with van der Waals surface area (Å²) in [5.41, 5.74) is 0.217. The van der Waals surface area contributed by atoms with Crippen molar-refractivity contribution in [3.8, 4) is 5.75 Å². The minimum absolute atomic E-state index is 0.168. The zero-order valence-corrected chi connectivity index (χ0v) is 10.9. The van der Waals surface area contributed by atoms with Gasteiger partial charge >= 0.3 is 0 Å². The van der Waals surface area contributed by atoms with Gasteiger partial charge in [0.05, 0.1) is 10.6 Å². The molecule has 0 fully saturated rings. The Hall–Kier alpha value is -1.26. The fraction of sp³-hybridized carbons (Fsp3) is 0.273. The number of likely N-dealkylation sites (N-methyl/N-ethyl adjacent to an activating group) is 1. The van der Waals surface area contributed by atoms with Gasteiger partial charge in [-0.05, 0) is 12.1 Å². The number of ether oxygens (including phenoxy) is 1. The van der Waals surface area contributed by atoms with E-state index in [9.17, 15) is 9.59 Å². The number of rotatable bonds is 4. The Balaban J connectivity index is 2.90. The molecule has 92 valence electrons. The Morgan fingerprint density at radius 2 is 2.06 bits per heavy atom. The predicted octanol–water partition coefficient (Wildman–Crippen LogP) is 2.27. The number of nitrogens with zero attached hydrogens (tertiary/aromatic N) is 1. The average Bonchev–Trinajstić information content (AvgIpc) is 2.26. The highest BCUT2D eigenvalue weighted by Crippen LogP contribution is 2.31. The molecule has 1 aromatic rings. The van der Waals surface area contributed by atoms with Crippen molar-refractivity contribution in [3.63, 3.8) is 0 Å². The molecule has 0 N–H and O–H groups in total. The van der Waals surface area contributed by atoms with Gasteiger partial charge in [-0.25, -0.2) is 0 Å². The van der Waals surface area contributed by atoms with Crippen LogP contribution in [0.2, 0.25) is 10.0 Å². The van der Waals surface area contributed by atoms with Crippen LogP contribution < -0.4 is 4.74 Å². The normalized spacial score (nSPS) is 9.88. The van der Waals surface area contributed by atoms with E-state index in [0.717, 1.165) is 0 Å².